The number of carbonyl (C=O) groups excluding carboxylic acids is 1. The summed E-state index contributed by atoms with van der Waals surface area (Å²) in [6, 6.07) is 7.46. The standard InChI is InChI=1S/C19H21N7O2S/c1-11-13-5-3-6-14(28-2)16(13)25-17(22-11)26-18-23-12(9-15(27)24-18)10-29-19-20-7-4-8-21-19/h3-8,12,18,23H,9-10H2,1-2H3,(H,24,27)(H,22,25,26). The lowest BCUT2D eigenvalue weighted by Crippen LogP contribution is -2.60. The van der Waals surface area contributed by atoms with Crippen LogP contribution in [-0.2, 0) is 4.79 Å². The lowest BCUT2D eigenvalue weighted by Gasteiger charge is -2.31. The number of nitrogens with one attached hydrogen (secondary N) is 3. The molecule has 4 rings (SSSR count). The van der Waals surface area contributed by atoms with Gasteiger partial charge in [-0.15, -0.1) is 0 Å². The molecular weight excluding hydrogens is 390 g/mol. The number of fused-ring (bicyclic) bond motifs is 1. The summed E-state index contributed by atoms with van der Waals surface area (Å²) in [5.41, 5.74) is 1.55. The fraction of sp³-hybridized carbons (Fsp3) is 0.316. The molecule has 0 saturated carbocycles. The summed E-state index contributed by atoms with van der Waals surface area (Å²) in [4.78, 5) is 29.7. The molecule has 1 aliphatic heterocycles. The van der Waals surface area contributed by atoms with Crippen molar-refractivity contribution in [2.24, 2.45) is 0 Å². The summed E-state index contributed by atoms with van der Waals surface area (Å²) >= 11 is 1.51. The highest BCUT2D eigenvalue weighted by molar-refractivity contribution is 7.99. The Hall–Kier alpha value is -2.98. The van der Waals surface area contributed by atoms with Gasteiger partial charge in [-0.3, -0.25) is 10.1 Å². The molecule has 1 amide bonds. The summed E-state index contributed by atoms with van der Waals surface area (Å²) in [6.45, 7) is 1.92. The second-order valence-electron chi connectivity index (χ2n) is 6.54. The van der Waals surface area contributed by atoms with E-state index in [4.69, 9.17) is 4.74 Å². The predicted octanol–water partition coefficient (Wildman–Crippen LogP) is 1.70. The third-order valence-corrected chi connectivity index (χ3v) is 5.51. The average molecular weight is 411 g/mol. The first-order valence-corrected chi connectivity index (χ1v) is 10.1. The van der Waals surface area contributed by atoms with E-state index in [9.17, 15) is 4.79 Å². The fourth-order valence-electron chi connectivity index (χ4n) is 3.14. The van der Waals surface area contributed by atoms with E-state index in [0.717, 1.165) is 16.6 Å². The number of benzene rings is 1. The molecule has 1 fully saturated rings. The zero-order valence-corrected chi connectivity index (χ0v) is 16.9. The molecular formula is C19H21N7O2S. The lowest BCUT2D eigenvalue weighted by atomic mass is 10.2. The molecule has 1 saturated heterocycles. The number of aryl methyl sites for hydroxylation is 1. The highest BCUT2D eigenvalue weighted by Crippen LogP contribution is 2.26. The molecule has 0 bridgehead atoms. The quantitative estimate of drug-likeness (QED) is 0.412. The van der Waals surface area contributed by atoms with Crippen LogP contribution in [0.5, 0.6) is 5.75 Å². The van der Waals surface area contributed by atoms with E-state index in [-0.39, 0.29) is 11.9 Å². The molecule has 2 atom stereocenters. The molecule has 3 heterocycles. The van der Waals surface area contributed by atoms with Gasteiger partial charge in [0.25, 0.3) is 0 Å². The van der Waals surface area contributed by atoms with E-state index >= 15 is 0 Å². The van der Waals surface area contributed by atoms with E-state index in [2.05, 4.69) is 35.9 Å². The summed E-state index contributed by atoms with van der Waals surface area (Å²) in [5.74, 6) is 1.71. The second-order valence-corrected chi connectivity index (χ2v) is 7.53. The number of carbonyl (C=O) groups is 1. The number of aromatic nitrogens is 4. The summed E-state index contributed by atoms with van der Waals surface area (Å²) < 4.78 is 5.42. The van der Waals surface area contributed by atoms with Gasteiger partial charge < -0.3 is 15.4 Å². The molecule has 9 nitrogen and oxygen atoms in total. The Balaban J connectivity index is 1.47. The topological polar surface area (TPSA) is 114 Å². The van der Waals surface area contributed by atoms with Crippen molar-refractivity contribution in [1.82, 2.24) is 30.6 Å². The third-order valence-electron chi connectivity index (χ3n) is 4.47. The maximum atomic E-state index is 12.2. The van der Waals surface area contributed by atoms with E-state index in [0.29, 0.717) is 29.0 Å². The number of hydrogen-bond donors (Lipinski definition) is 3. The van der Waals surface area contributed by atoms with Crippen molar-refractivity contribution in [3.05, 3.63) is 42.4 Å². The van der Waals surface area contributed by atoms with Crippen LogP contribution in [0.3, 0.4) is 0 Å². The van der Waals surface area contributed by atoms with Gasteiger partial charge >= 0.3 is 0 Å². The van der Waals surface area contributed by atoms with Crippen molar-refractivity contribution < 1.29 is 9.53 Å². The number of nitrogens with zero attached hydrogens (tertiary/aromatic N) is 4. The van der Waals surface area contributed by atoms with Crippen molar-refractivity contribution in [2.75, 3.05) is 18.2 Å². The number of anilines is 1. The molecule has 1 aromatic carbocycles. The minimum Gasteiger partial charge on any atom is -0.494 e. The molecule has 29 heavy (non-hydrogen) atoms. The van der Waals surface area contributed by atoms with Gasteiger partial charge in [-0.1, -0.05) is 23.9 Å². The molecule has 10 heteroatoms. The third kappa shape index (κ3) is 4.54. The van der Waals surface area contributed by atoms with Gasteiger partial charge in [0.15, 0.2) is 11.4 Å². The van der Waals surface area contributed by atoms with Crippen molar-refractivity contribution in [1.29, 1.82) is 0 Å². The molecule has 3 N–H and O–H groups in total. The van der Waals surface area contributed by atoms with Crippen LogP contribution in [0, 0.1) is 6.92 Å². The normalized spacial score (nSPS) is 19.0. The maximum Gasteiger partial charge on any atom is 0.226 e. The first-order chi connectivity index (χ1) is 14.1. The van der Waals surface area contributed by atoms with Gasteiger partial charge in [0, 0.05) is 36.0 Å². The molecule has 2 unspecified atom stereocenters. The van der Waals surface area contributed by atoms with E-state index in [1.54, 1.807) is 25.6 Å². The summed E-state index contributed by atoms with van der Waals surface area (Å²) in [6.07, 6.45) is 3.30. The van der Waals surface area contributed by atoms with Crippen molar-refractivity contribution in [3.8, 4) is 5.75 Å². The Morgan fingerprint density at radius 3 is 2.86 bits per heavy atom. The molecule has 2 aromatic heterocycles. The Labute approximate surface area is 172 Å². The van der Waals surface area contributed by atoms with Crippen molar-refractivity contribution in [2.45, 2.75) is 30.8 Å². The number of methoxy groups -OCH3 is 1. The number of para-hydroxylation sites is 1. The molecule has 150 valence electrons. The minimum atomic E-state index is -0.481. The Morgan fingerprint density at radius 1 is 1.24 bits per heavy atom. The van der Waals surface area contributed by atoms with E-state index < -0.39 is 6.29 Å². The minimum absolute atomic E-state index is 0.0360. The number of amides is 1. The van der Waals surface area contributed by atoms with Gasteiger partial charge in [0.1, 0.15) is 11.3 Å². The highest BCUT2D eigenvalue weighted by Gasteiger charge is 2.26. The maximum absolute atomic E-state index is 12.2. The lowest BCUT2D eigenvalue weighted by molar-refractivity contribution is -0.123. The van der Waals surface area contributed by atoms with Crippen LogP contribution in [0.25, 0.3) is 10.9 Å². The van der Waals surface area contributed by atoms with Crippen LogP contribution < -0.4 is 20.7 Å². The van der Waals surface area contributed by atoms with E-state index in [1.165, 1.54) is 11.8 Å². The first-order valence-electron chi connectivity index (χ1n) is 9.15. The van der Waals surface area contributed by atoms with Crippen LogP contribution in [0.1, 0.15) is 12.1 Å². The number of ether oxygens (including phenoxy) is 1. The number of rotatable bonds is 6. The Kier molecular flexibility index (Phi) is 5.72. The predicted molar refractivity (Wildman–Crippen MR) is 111 cm³/mol. The SMILES string of the molecule is COc1cccc2c(C)nc(NC3NC(=O)CC(CSc4ncccn4)N3)nc12. The van der Waals surface area contributed by atoms with Crippen molar-refractivity contribution >= 4 is 34.5 Å². The molecule has 0 aliphatic carbocycles. The average Bonchev–Trinajstić information content (AvgIpc) is 2.72. The van der Waals surface area contributed by atoms with Crippen molar-refractivity contribution in [3.63, 3.8) is 0 Å². The van der Waals surface area contributed by atoms with Gasteiger partial charge in [-0.05, 0) is 19.1 Å². The summed E-state index contributed by atoms with van der Waals surface area (Å²) in [5, 5.41) is 11.0. The van der Waals surface area contributed by atoms with Gasteiger partial charge in [0.05, 0.1) is 12.8 Å². The zero-order valence-electron chi connectivity index (χ0n) is 16.0. The molecule has 3 aromatic rings. The fourth-order valence-corrected chi connectivity index (χ4v) is 3.97. The van der Waals surface area contributed by atoms with E-state index in [1.807, 2.05) is 25.1 Å². The smallest absolute Gasteiger partial charge is 0.226 e. The number of thioether (sulfide) groups is 1. The highest BCUT2D eigenvalue weighted by atomic mass is 32.2. The zero-order chi connectivity index (χ0) is 20.2. The monoisotopic (exact) mass is 411 g/mol. The Bertz CT molecular complexity index is 1020. The number of hydrogen-bond acceptors (Lipinski definition) is 9. The van der Waals surface area contributed by atoms with Crippen LogP contribution in [0.15, 0.2) is 41.8 Å². The van der Waals surface area contributed by atoms with Gasteiger partial charge in [-0.2, -0.15) is 0 Å². The summed E-state index contributed by atoms with van der Waals surface area (Å²) in [7, 11) is 1.61. The molecule has 0 spiro atoms. The van der Waals surface area contributed by atoms with Crippen LogP contribution in [-0.4, -0.2) is 51.0 Å². The van der Waals surface area contributed by atoms with Gasteiger partial charge in [-0.25, -0.2) is 19.9 Å². The first kappa shape index (κ1) is 19.3. The molecule has 0 radical (unpaired) electrons. The second kappa shape index (κ2) is 8.58. The van der Waals surface area contributed by atoms with Crippen LogP contribution >= 0.6 is 11.8 Å². The van der Waals surface area contributed by atoms with Gasteiger partial charge in [0.2, 0.25) is 11.9 Å². The Morgan fingerprint density at radius 2 is 2.07 bits per heavy atom. The largest absolute Gasteiger partial charge is 0.494 e. The molecule has 1 aliphatic rings. The van der Waals surface area contributed by atoms with Crippen LogP contribution in [0.4, 0.5) is 5.95 Å². The van der Waals surface area contributed by atoms with Crippen LogP contribution in [0.2, 0.25) is 0 Å².